The van der Waals surface area contributed by atoms with Gasteiger partial charge >= 0.3 is 11.9 Å². The van der Waals surface area contributed by atoms with Crippen LogP contribution in [-0.2, 0) is 44.3 Å². The third-order valence-electron chi connectivity index (χ3n) is 8.99. The van der Waals surface area contributed by atoms with Crippen LogP contribution < -0.4 is 4.74 Å². The molecule has 0 amide bonds. The highest BCUT2D eigenvalue weighted by molar-refractivity contribution is 6.70. The normalized spacial score (nSPS) is 17.1. The van der Waals surface area contributed by atoms with Crippen molar-refractivity contribution in [1.29, 1.82) is 0 Å². The molecule has 0 saturated carbocycles. The zero-order valence-corrected chi connectivity index (χ0v) is 35.8. The van der Waals surface area contributed by atoms with Crippen molar-refractivity contribution in [2.45, 2.75) is 168 Å². The minimum Gasteiger partial charge on any atom is -0.497 e. The van der Waals surface area contributed by atoms with Gasteiger partial charge in [0.05, 0.1) is 45.6 Å². The molecule has 2 rings (SSSR count). The molecule has 4 atom stereocenters. The van der Waals surface area contributed by atoms with Crippen molar-refractivity contribution in [3.63, 3.8) is 0 Å². The van der Waals surface area contributed by atoms with Gasteiger partial charge in [-0.25, -0.2) is 4.79 Å². The first-order valence-corrected chi connectivity index (χ1v) is 23.1. The van der Waals surface area contributed by atoms with E-state index in [1.165, 1.54) is 25.7 Å². The number of hydrogen-bond donors (Lipinski definition) is 1. The van der Waals surface area contributed by atoms with Crippen molar-refractivity contribution in [3.8, 4) is 5.75 Å². The van der Waals surface area contributed by atoms with Crippen LogP contribution in [0.2, 0.25) is 19.6 Å². The highest BCUT2D eigenvalue weighted by atomic mass is 28.4. The Morgan fingerprint density at radius 2 is 1.47 bits per heavy atom. The molecule has 1 fully saturated rings. The van der Waals surface area contributed by atoms with Crippen LogP contribution in [0.3, 0.4) is 0 Å². The maximum absolute atomic E-state index is 14.6. The summed E-state index contributed by atoms with van der Waals surface area (Å²) in [6, 6.07) is 7.52. The van der Waals surface area contributed by atoms with E-state index in [4.69, 9.17) is 32.8 Å². The van der Waals surface area contributed by atoms with Crippen LogP contribution in [0.5, 0.6) is 5.75 Å². The largest absolute Gasteiger partial charge is 0.497 e. The van der Waals surface area contributed by atoms with E-state index < -0.39 is 55.4 Å². The fourth-order valence-electron chi connectivity index (χ4n) is 6.53. The highest BCUT2D eigenvalue weighted by Gasteiger charge is 2.56. The summed E-state index contributed by atoms with van der Waals surface area (Å²) in [5.74, 6) is -2.19. The van der Waals surface area contributed by atoms with Crippen LogP contribution in [0.15, 0.2) is 36.4 Å². The molecule has 1 aromatic carbocycles. The molecule has 10 nitrogen and oxygen atoms in total. The molecular weight excluding hydrogens is 693 g/mol. The predicted octanol–water partition coefficient (Wildman–Crippen LogP) is 8.93. The Kier molecular flexibility index (Phi) is 19.2. The number of carbonyl (C=O) groups excluding carboxylic acids is 2. The van der Waals surface area contributed by atoms with Gasteiger partial charge in [0.15, 0.2) is 20.2 Å². The zero-order chi connectivity index (χ0) is 39.9. The van der Waals surface area contributed by atoms with Crippen molar-refractivity contribution >= 4 is 20.3 Å². The Bertz CT molecular complexity index is 1240. The molecule has 1 saturated heterocycles. The molecule has 1 heterocycles. The van der Waals surface area contributed by atoms with Gasteiger partial charge in [-0.2, -0.15) is 0 Å². The number of aliphatic hydroxyl groups is 1. The second kappa shape index (κ2) is 21.7. The number of esters is 2. The number of rotatable bonds is 24. The highest BCUT2D eigenvalue weighted by Crippen LogP contribution is 2.40. The van der Waals surface area contributed by atoms with Crippen molar-refractivity contribution in [2.24, 2.45) is 11.8 Å². The fraction of sp³-hybridized carbons (Fsp3) is 0.762. The minimum atomic E-state index is -2.61. The summed E-state index contributed by atoms with van der Waals surface area (Å²) in [7, 11) is -0.999. The Labute approximate surface area is 321 Å². The first-order chi connectivity index (χ1) is 24.7. The molecule has 0 radical (unpaired) electrons. The van der Waals surface area contributed by atoms with Gasteiger partial charge < -0.3 is 38.0 Å². The lowest BCUT2D eigenvalue weighted by Crippen LogP contribution is -2.59. The standard InChI is InChI=1S/C42H72O10Si/c1-13-14-15-16-17-18-19-20-34(38-48-27-28-49-38)31(2)36(43)29-35(37(44)50-40(3,4)5)42(52-53(10,11)12,39(45)51-41(6,7)8)25-26-47-30-32-21-23-33(46-9)24-22-32/h21-24,34-36,38,43H,2,13-20,25-30H2,1,3-12H3/t34?,35-,36?,42-/m1/s1. The molecule has 11 heteroatoms. The van der Waals surface area contributed by atoms with Crippen LogP contribution in [-0.4, -0.2) is 81.5 Å². The molecule has 1 aliphatic heterocycles. The van der Waals surface area contributed by atoms with E-state index in [1.807, 2.05) is 43.9 Å². The number of unbranched alkanes of at least 4 members (excludes halogenated alkanes) is 6. The number of methoxy groups -OCH3 is 1. The van der Waals surface area contributed by atoms with Crippen molar-refractivity contribution in [1.82, 2.24) is 0 Å². The molecule has 1 N–H and O–H groups in total. The Morgan fingerprint density at radius 3 is 2.00 bits per heavy atom. The number of aliphatic hydroxyl groups excluding tert-OH is 1. The molecule has 1 aliphatic rings. The number of carbonyl (C=O) groups is 2. The quantitative estimate of drug-likeness (QED) is 0.0473. The smallest absolute Gasteiger partial charge is 0.338 e. The van der Waals surface area contributed by atoms with Crippen molar-refractivity contribution in [2.75, 3.05) is 26.9 Å². The number of ether oxygens (including phenoxy) is 6. The lowest BCUT2D eigenvalue weighted by Gasteiger charge is -2.44. The molecule has 0 aromatic heterocycles. The monoisotopic (exact) mass is 764 g/mol. The first-order valence-electron chi connectivity index (χ1n) is 19.7. The summed E-state index contributed by atoms with van der Waals surface area (Å²) in [6.45, 7) is 24.4. The van der Waals surface area contributed by atoms with E-state index >= 15 is 0 Å². The zero-order valence-electron chi connectivity index (χ0n) is 34.8. The van der Waals surface area contributed by atoms with Gasteiger partial charge in [0.2, 0.25) is 0 Å². The maximum atomic E-state index is 14.6. The number of hydrogen-bond acceptors (Lipinski definition) is 10. The van der Waals surface area contributed by atoms with E-state index in [0.717, 1.165) is 30.6 Å². The van der Waals surface area contributed by atoms with E-state index in [-0.39, 0.29) is 32.0 Å². The molecule has 0 aliphatic carbocycles. The topological polar surface area (TPSA) is 119 Å². The van der Waals surface area contributed by atoms with Gasteiger partial charge in [-0.05, 0) is 97.3 Å². The van der Waals surface area contributed by atoms with Gasteiger partial charge in [-0.1, -0.05) is 70.6 Å². The molecule has 2 unspecified atom stereocenters. The van der Waals surface area contributed by atoms with Gasteiger partial charge in [-0.15, -0.1) is 0 Å². The summed E-state index contributed by atoms with van der Waals surface area (Å²) in [5, 5.41) is 12.0. The van der Waals surface area contributed by atoms with Gasteiger partial charge in [0, 0.05) is 12.3 Å². The Balaban J connectivity index is 2.52. The molecule has 53 heavy (non-hydrogen) atoms. The van der Waals surface area contributed by atoms with E-state index in [1.54, 1.807) is 48.7 Å². The molecular formula is C42H72O10Si. The van der Waals surface area contributed by atoms with Crippen LogP contribution in [0, 0.1) is 11.8 Å². The van der Waals surface area contributed by atoms with Crippen LogP contribution in [0.1, 0.15) is 118 Å². The average Bonchev–Trinajstić information content (AvgIpc) is 3.59. The van der Waals surface area contributed by atoms with Gasteiger partial charge in [0.1, 0.15) is 17.0 Å². The predicted molar refractivity (Wildman–Crippen MR) is 211 cm³/mol. The lowest BCUT2D eigenvalue weighted by molar-refractivity contribution is -0.195. The van der Waals surface area contributed by atoms with Crippen molar-refractivity contribution in [3.05, 3.63) is 42.0 Å². The third kappa shape index (κ3) is 17.0. The van der Waals surface area contributed by atoms with E-state index in [2.05, 4.69) is 13.5 Å². The molecule has 0 bridgehead atoms. The molecule has 1 aromatic rings. The molecule has 0 spiro atoms. The minimum absolute atomic E-state index is 0.0122. The van der Waals surface area contributed by atoms with E-state index in [9.17, 15) is 14.7 Å². The average molecular weight is 765 g/mol. The Morgan fingerprint density at radius 1 is 0.906 bits per heavy atom. The summed E-state index contributed by atoms with van der Waals surface area (Å²) in [5.41, 5.74) is -2.20. The van der Waals surface area contributed by atoms with Gasteiger partial charge in [0.25, 0.3) is 0 Å². The van der Waals surface area contributed by atoms with E-state index in [0.29, 0.717) is 25.2 Å². The van der Waals surface area contributed by atoms with Gasteiger partial charge in [-0.3, -0.25) is 4.79 Å². The number of benzene rings is 1. The summed E-state index contributed by atoms with van der Waals surface area (Å²) >= 11 is 0. The fourth-order valence-corrected chi connectivity index (χ4v) is 7.95. The second-order valence-corrected chi connectivity index (χ2v) is 21.7. The second-order valence-electron chi connectivity index (χ2n) is 17.3. The summed E-state index contributed by atoms with van der Waals surface area (Å²) < 4.78 is 42.2. The third-order valence-corrected chi connectivity index (χ3v) is 9.97. The lowest BCUT2D eigenvalue weighted by atomic mass is 9.77. The SMILES string of the molecule is C=C(C(O)C[C@H](C(=O)OC(C)(C)C)[C@@](CCOCc1ccc(OC)cc1)(O[Si](C)(C)C)C(=O)OC(C)(C)C)C(CCCCCCCCC)C1OCCO1. The van der Waals surface area contributed by atoms with Crippen molar-refractivity contribution < 1.29 is 47.5 Å². The summed E-state index contributed by atoms with van der Waals surface area (Å²) in [6.07, 6.45) is 6.77. The summed E-state index contributed by atoms with van der Waals surface area (Å²) in [4.78, 5) is 29.1. The van der Waals surface area contributed by atoms with Crippen LogP contribution in [0.25, 0.3) is 0 Å². The Hall–Kier alpha value is -2.28. The maximum Gasteiger partial charge on any atom is 0.338 e. The molecule has 304 valence electrons. The van der Waals surface area contributed by atoms with Crippen LogP contribution in [0.4, 0.5) is 0 Å². The van der Waals surface area contributed by atoms with Crippen LogP contribution >= 0.6 is 0 Å². The first kappa shape index (κ1) is 46.9.